The molecule has 0 aliphatic carbocycles. The number of hydrogen-bond acceptors (Lipinski definition) is 7. The van der Waals surface area contributed by atoms with Crippen LogP contribution in [0.4, 0.5) is 11.5 Å². The number of rotatable bonds is 3. The zero-order chi connectivity index (χ0) is 15.5. The maximum atomic E-state index is 11.6. The van der Waals surface area contributed by atoms with Gasteiger partial charge in [0.05, 0.1) is 12.0 Å². The Balaban J connectivity index is 2.21. The van der Waals surface area contributed by atoms with E-state index >= 15 is 0 Å². The number of hydrogen-bond donors (Lipinski definition) is 1. The van der Waals surface area contributed by atoms with Crippen molar-refractivity contribution in [2.45, 2.75) is 24.9 Å². The van der Waals surface area contributed by atoms with Crippen LogP contribution in [0.2, 0.25) is 0 Å². The third kappa shape index (κ3) is 3.10. The topological polar surface area (TPSA) is 106 Å². The van der Waals surface area contributed by atoms with Crippen molar-refractivity contribution in [2.24, 2.45) is 0 Å². The summed E-state index contributed by atoms with van der Waals surface area (Å²) >= 11 is 0. The number of esters is 1. The molecule has 0 amide bonds. The van der Waals surface area contributed by atoms with Gasteiger partial charge in [0.15, 0.2) is 5.60 Å². The van der Waals surface area contributed by atoms with Gasteiger partial charge in [-0.3, -0.25) is 10.1 Å². The van der Waals surface area contributed by atoms with E-state index in [1.54, 1.807) is 4.90 Å². The average molecular weight is 295 g/mol. The van der Waals surface area contributed by atoms with Crippen LogP contribution in [0.5, 0.6) is 0 Å². The predicted octanol–water partition coefficient (Wildman–Crippen LogP) is 0.884. The molecule has 1 unspecified atom stereocenters. The van der Waals surface area contributed by atoms with Crippen LogP contribution in [-0.2, 0) is 9.53 Å². The summed E-state index contributed by atoms with van der Waals surface area (Å²) in [7, 11) is 1.23. The van der Waals surface area contributed by atoms with Gasteiger partial charge in [-0.2, -0.15) is 0 Å². The second-order valence-electron chi connectivity index (χ2n) is 4.97. The number of anilines is 1. The SMILES string of the molecule is COC(=O)C1(O)CCCN(c2ncccc2[N+](=O)[O-])CC1. The molecule has 1 aliphatic heterocycles. The number of aromatic nitrogens is 1. The lowest BCUT2D eigenvalue weighted by Gasteiger charge is -2.24. The number of pyridine rings is 1. The molecule has 2 rings (SSSR count). The number of carbonyl (C=O) groups is 1. The van der Waals surface area contributed by atoms with Crippen molar-refractivity contribution in [3.8, 4) is 0 Å². The second-order valence-corrected chi connectivity index (χ2v) is 4.97. The van der Waals surface area contributed by atoms with Crippen molar-refractivity contribution in [2.75, 3.05) is 25.1 Å². The largest absolute Gasteiger partial charge is 0.467 e. The zero-order valence-corrected chi connectivity index (χ0v) is 11.7. The summed E-state index contributed by atoms with van der Waals surface area (Å²) in [4.78, 5) is 28.0. The van der Waals surface area contributed by atoms with Crippen molar-refractivity contribution in [1.29, 1.82) is 0 Å². The standard InChI is InChI=1S/C13H17N3O5/c1-21-12(17)13(18)5-3-8-15(9-6-13)11-10(16(19)20)4-2-7-14-11/h2,4,7,18H,3,5-6,8-9H2,1H3. The van der Waals surface area contributed by atoms with Gasteiger partial charge in [0.1, 0.15) is 0 Å². The first-order valence-electron chi connectivity index (χ1n) is 6.63. The summed E-state index contributed by atoms with van der Waals surface area (Å²) in [6.07, 6.45) is 2.41. The fourth-order valence-electron chi connectivity index (χ4n) is 2.50. The van der Waals surface area contributed by atoms with E-state index in [2.05, 4.69) is 9.72 Å². The van der Waals surface area contributed by atoms with E-state index in [9.17, 15) is 20.0 Å². The Morgan fingerprint density at radius 2 is 2.29 bits per heavy atom. The van der Waals surface area contributed by atoms with Gasteiger partial charge in [-0.25, -0.2) is 9.78 Å². The molecule has 0 saturated carbocycles. The Labute approximate surface area is 121 Å². The lowest BCUT2D eigenvalue weighted by Crippen LogP contribution is -2.40. The zero-order valence-electron chi connectivity index (χ0n) is 11.7. The molecule has 1 fully saturated rings. The smallest absolute Gasteiger partial charge is 0.337 e. The lowest BCUT2D eigenvalue weighted by atomic mass is 9.95. The molecule has 0 bridgehead atoms. The van der Waals surface area contributed by atoms with Crippen LogP contribution >= 0.6 is 0 Å². The van der Waals surface area contributed by atoms with Crippen LogP contribution in [0.15, 0.2) is 18.3 Å². The van der Waals surface area contributed by atoms with E-state index in [0.29, 0.717) is 19.5 Å². The summed E-state index contributed by atoms with van der Waals surface area (Å²) in [5.74, 6) is -0.406. The minimum atomic E-state index is -1.53. The molecule has 1 atom stereocenters. The molecule has 1 saturated heterocycles. The van der Waals surface area contributed by atoms with E-state index in [0.717, 1.165) is 0 Å². The highest BCUT2D eigenvalue weighted by Crippen LogP contribution is 2.30. The first-order valence-corrected chi connectivity index (χ1v) is 6.63. The molecule has 21 heavy (non-hydrogen) atoms. The maximum absolute atomic E-state index is 11.6. The monoisotopic (exact) mass is 295 g/mol. The number of nitrogens with zero attached hydrogens (tertiary/aromatic N) is 3. The predicted molar refractivity (Wildman–Crippen MR) is 73.9 cm³/mol. The van der Waals surface area contributed by atoms with Crippen molar-refractivity contribution >= 4 is 17.5 Å². The molecule has 2 heterocycles. The molecule has 8 heteroatoms. The highest BCUT2D eigenvalue weighted by molar-refractivity contribution is 5.79. The van der Waals surface area contributed by atoms with Gasteiger partial charge >= 0.3 is 11.7 Å². The summed E-state index contributed by atoms with van der Waals surface area (Å²) in [6, 6.07) is 2.89. The summed E-state index contributed by atoms with van der Waals surface area (Å²) in [5, 5.41) is 21.4. The van der Waals surface area contributed by atoms with Crippen molar-refractivity contribution in [1.82, 2.24) is 4.98 Å². The minimum absolute atomic E-state index is 0.0824. The van der Waals surface area contributed by atoms with Gasteiger partial charge in [-0.05, 0) is 18.9 Å². The molecular formula is C13H17N3O5. The Bertz CT molecular complexity index is 550. The Morgan fingerprint density at radius 3 is 2.95 bits per heavy atom. The number of carbonyl (C=O) groups excluding carboxylic acids is 1. The van der Waals surface area contributed by atoms with Crippen LogP contribution in [0, 0.1) is 10.1 Å². The quantitative estimate of drug-likeness (QED) is 0.501. The highest BCUT2D eigenvalue weighted by Gasteiger charge is 2.39. The van der Waals surface area contributed by atoms with Crippen LogP contribution in [0.3, 0.4) is 0 Å². The molecule has 8 nitrogen and oxygen atoms in total. The van der Waals surface area contributed by atoms with E-state index in [1.165, 1.54) is 25.4 Å². The summed E-state index contributed by atoms with van der Waals surface area (Å²) in [5.41, 5.74) is -1.62. The maximum Gasteiger partial charge on any atom is 0.337 e. The molecule has 1 aliphatic rings. The van der Waals surface area contributed by atoms with E-state index < -0.39 is 16.5 Å². The molecule has 114 valence electrons. The number of ether oxygens (including phenoxy) is 1. The fraction of sp³-hybridized carbons (Fsp3) is 0.538. The van der Waals surface area contributed by atoms with Crippen LogP contribution in [0.25, 0.3) is 0 Å². The molecule has 1 aromatic heterocycles. The first-order chi connectivity index (χ1) is 9.98. The van der Waals surface area contributed by atoms with Crippen LogP contribution in [-0.4, -0.2) is 46.8 Å². The van der Waals surface area contributed by atoms with Crippen molar-refractivity contribution in [3.05, 3.63) is 28.4 Å². The van der Waals surface area contributed by atoms with Crippen LogP contribution < -0.4 is 4.90 Å². The normalized spacial score (nSPS) is 22.5. The highest BCUT2D eigenvalue weighted by atomic mass is 16.6. The Kier molecular flexibility index (Phi) is 4.37. The third-order valence-electron chi connectivity index (χ3n) is 3.64. The number of nitro groups is 1. The molecule has 0 spiro atoms. The Hall–Kier alpha value is -2.22. The molecule has 1 N–H and O–H groups in total. The third-order valence-corrected chi connectivity index (χ3v) is 3.64. The minimum Gasteiger partial charge on any atom is -0.467 e. The fourth-order valence-corrected chi connectivity index (χ4v) is 2.50. The molecule has 0 aromatic carbocycles. The Morgan fingerprint density at radius 1 is 1.52 bits per heavy atom. The second kappa shape index (κ2) is 6.04. The average Bonchev–Trinajstić information content (AvgIpc) is 2.69. The number of aliphatic hydroxyl groups is 1. The lowest BCUT2D eigenvalue weighted by molar-refractivity contribution is -0.384. The first kappa shape index (κ1) is 15.2. The van der Waals surface area contributed by atoms with E-state index in [-0.39, 0.29) is 24.3 Å². The van der Waals surface area contributed by atoms with Gasteiger partial charge in [-0.1, -0.05) is 0 Å². The van der Waals surface area contributed by atoms with Crippen LogP contribution in [0.1, 0.15) is 19.3 Å². The van der Waals surface area contributed by atoms with E-state index in [4.69, 9.17) is 0 Å². The molecule has 1 aromatic rings. The van der Waals surface area contributed by atoms with E-state index in [1.807, 2.05) is 0 Å². The van der Waals surface area contributed by atoms with Crippen molar-refractivity contribution in [3.63, 3.8) is 0 Å². The van der Waals surface area contributed by atoms with Crippen molar-refractivity contribution < 1.29 is 19.6 Å². The molecular weight excluding hydrogens is 278 g/mol. The summed E-state index contributed by atoms with van der Waals surface area (Å²) < 4.78 is 4.62. The van der Waals surface area contributed by atoms with Gasteiger partial charge in [0, 0.05) is 31.8 Å². The molecule has 0 radical (unpaired) electrons. The summed E-state index contributed by atoms with van der Waals surface area (Å²) in [6.45, 7) is 0.778. The number of methoxy groups -OCH3 is 1. The van der Waals surface area contributed by atoms with Gasteiger partial charge in [-0.15, -0.1) is 0 Å². The van der Waals surface area contributed by atoms with Gasteiger partial charge < -0.3 is 14.7 Å². The van der Waals surface area contributed by atoms with Gasteiger partial charge in [0.25, 0.3) is 0 Å². The van der Waals surface area contributed by atoms with Gasteiger partial charge in [0.2, 0.25) is 5.82 Å².